The molecular formula is C16H16Cl3N3O2S. The highest BCUT2D eigenvalue weighted by Gasteiger charge is 2.20. The molecule has 1 aromatic heterocycles. The maximum atomic E-state index is 11.9. The fourth-order valence-electron chi connectivity index (χ4n) is 2.04. The lowest BCUT2D eigenvalue weighted by Crippen LogP contribution is -2.15. The number of halogens is 3. The zero-order chi connectivity index (χ0) is 18.7. The third kappa shape index (κ3) is 4.64. The van der Waals surface area contributed by atoms with E-state index in [2.05, 4.69) is 17.0 Å². The van der Waals surface area contributed by atoms with Gasteiger partial charge in [0.25, 0.3) is 0 Å². The molecule has 1 N–H and O–H groups in total. The number of nitrogens with one attached hydrogen (secondary N) is 1. The van der Waals surface area contributed by atoms with Crippen LogP contribution in [0.15, 0.2) is 29.3 Å². The summed E-state index contributed by atoms with van der Waals surface area (Å²) in [6.45, 7) is 5.54. The molecule has 2 rings (SSSR count). The third-order valence-corrected chi connectivity index (χ3v) is 5.08. The van der Waals surface area contributed by atoms with Gasteiger partial charge in [0.2, 0.25) is 0 Å². The number of amides is 1. The van der Waals surface area contributed by atoms with Crippen molar-refractivity contribution in [2.75, 3.05) is 18.2 Å². The Bertz CT molecular complexity index is 837. The minimum atomic E-state index is -0.643. The zero-order valence-corrected chi connectivity index (χ0v) is 16.9. The Morgan fingerprint density at radius 1 is 1.36 bits per heavy atom. The van der Waals surface area contributed by atoms with Gasteiger partial charge in [0.1, 0.15) is 22.3 Å². The fraction of sp³-hybridized carbons (Fsp3) is 0.250. The zero-order valence-electron chi connectivity index (χ0n) is 13.8. The number of benzene rings is 1. The lowest BCUT2D eigenvalue weighted by atomic mass is 10.1. The number of thioether (sulfide) groups is 1. The molecule has 134 valence electrons. The van der Waals surface area contributed by atoms with Crippen LogP contribution in [0.3, 0.4) is 0 Å². The summed E-state index contributed by atoms with van der Waals surface area (Å²) in [6.07, 6.45) is 1.26. The number of hydrogen-bond donors (Lipinski definition) is 1. The van der Waals surface area contributed by atoms with E-state index in [0.717, 1.165) is 10.6 Å². The second kappa shape index (κ2) is 8.36. The standard InChI is InChI=1S/C16H16Cl3N3O2S/c1-8(2)7-24-16(23)20-12-5-9(10(17)6-11(12)18)14-13(19)15(25-4)22(3)21-14/h5-6H,1,7H2,2-4H3,(H,20,23). The molecule has 0 aliphatic heterocycles. The molecule has 25 heavy (non-hydrogen) atoms. The van der Waals surface area contributed by atoms with Gasteiger partial charge in [-0.3, -0.25) is 10.00 Å². The predicted octanol–water partition coefficient (Wildman–Crippen LogP) is 5.89. The maximum Gasteiger partial charge on any atom is 0.411 e. The molecule has 0 bridgehead atoms. The van der Waals surface area contributed by atoms with E-state index in [1.165, 1.54) is 17.8 Å². The molecule has 1 heterocycles. The largest absolute Gasteiger partial charge is 0.445 e. The van der Waals surface area contributed by atoms with Crippen molar-refractivity contribution in [2.24, 2.45) is 7.05 Å². The maximum absolute atomic E-state index is 11.9. The van der Waals surface area contributed by atoms with Crippen molar-refractivity contribution in [3.63, 3.8) is 0 Å². The van der Waals surface area contributed by atoms with Gasteiger partial charge >= 0.3 is 6.09 Å². The van der Waals surface area contributed by atoms with Gasteiger partial charge < -0.3 is 4.74 Å². The Hall–Kier alpha value is -1.34. The van der Waals surface area contributed by atoms with Crippen LogP contribution in [0.4, 0.5) is 10.5 Å². The molecule has 0 aliphatic carbocycles. The summed E-state index contributed by atoms with van der Waals surface area (Å²) < 4.78 is 6.68. The van der Waals surface area contributed by atoms with E-state index in [-0.39, 0.29) is 11.6 Å². The van der Waals surface area contributed by atoms with Crippen LogP contribution >= 0.6 is 46.6 Å². The molecule has 0 saturated heterocycles. The second-order valence-electron chi connectivity index (χ2n) is 5.27. The highest BCUT2D eigenvalue weighted by atomic mass is 35.5. The quantitative estimate of drug-likeness (QED) is 0.484. The van der Waals surface area contributed by atoms with Gasteiger partial charge in [0, 0.05) is 12.6 Å². The molecule has 0 atom stereocenters. The smallest absolute Gasteiger partial charge is 0.411 e. The highest BCUT2D eigenvalue weighted by molar-refractivity contribution is 7.98. The van der Waals surface area contributed by atoms with Gasteiger partial charge in [-0.2, -0.15) is 5.10 Å². The Kier molecular flexibility index (Phi) is 6.68. The minimum Gasteiger partial charge on any atom is -0.445 e. The van der Waals surface area contributed by atoms with E-state index in [1.807, 2.05) is 6.26 Å². The second-order valence-corrected chi connectivity index (χ2v) is 7.25. The van der Waals surface area contributed by atoms with E-state index in [9.17, 15) is 4.79 Å². The van der Waals surface area contributed by atoms with Gasteiger partial charge in [-0.25, -0.2) is 4.79 Å². The Morgan fingerprint density at radius 3 is 2.60 bits per heavy atom. The molecule has 0 saturated carbocycles. The van der Waals surface area contributed by atoms with Crippen molar-refractivity contribution in [1.29, 1.82) is 0 Å². The van der Waals surface area contributed by atoms with Crippen LogP contribution < -0.4 is 5.32 Å². The first-order valence-electron chi connectivity index (χ1n) is 7.08. The van der Waals surface area contributed by atoms with Crippen LogP contribution in [0, 0.1) is 0 Å². The minimum absolute atomic E-state index is 0.118. The molecule has 0 aliphatic rings. The van der Waals surface area contributed by atoms with Crippen LogP contribution in [0.1, 0.15) is 6.92 Å². The van der Waals surface area contributed by atoms with Crippen LogP contribution in [-0.4, -0.2) is 28.7 Å². The monoisotopic (exact) mass is 419 g/mol. The van der Waals surface area contributed by atoms with E-state index in [1.54, 1.807) is 24.7 Å². The number of carbonyl (C=O) groups is 1. The lowest BCUT2D eigenvalue weighted by Gasteiger charge is -2.11. The Labute approximate surface area is 165 Å². The van der Waals surface area contributed by atoms with Crippen molar-refractivity contribution >= 4 is 58.3 Å². The molecule has 0 fully saturated rings. The first-order valence-corrected chi connectivity index (χ1v) is 9.44. The van der Waals surface area contributed by atoms with Gasteiger partial charge in [0.15, 0.2) is 0 Å². The molecule has 5 nitrogen and oxygen atoms in total. The van der Waals surface area contributed by atoms with Crippen LogP contribution in [0.2, 0.25) is 15.1 Å². The van der Waals surface area contributed by atoms with Crippen LogP contribution in [-0.2, 0) is 11.8 Å². The average molecular weight is 421 g/mol. The van der Waals surface area contributed by atoms with Crippen molar-refractivity contribution < 1.29 is 9.53 Å². The first-order chi connectivity index (χ1) is 11.7. The number of hydrogen-bond acceptors (Lipinski definition) is 4. The van der Waals surface area contributed by atoms with Crippen LogP contribution in [0.25, 0.3) is 11.3 Å². The Balaban J connectivity index is 2.38. The third-order valence-electron chi connectivity index (χ3n) is 3.13. The lowest BCUT2D eigenvalue weighted by molar-refractivity contribution is 0.171. The summed E-state index contributed by atoms with van der Waals surface area (Å²) in [7, 11) is 1.79. The van der Waals surface area contributed by atoms with E-state index in [0.29, 0.717) is 27.0 Å². The molecule has 9 heteroatoms. The van der Waals surface area contributed by atoms with E-state index < -0.39 is 6.09 Å². The summed E-state index contributed by atoms with van der Waals surface area (Å²) in [5, 5.41) is 8.92. The van der Waals surface area contributed by atoms with Gasteiger partial charge in [-0.1, -0.05) is 41.4 Å². The van der Waals surface area contributed by atoms with Gasteiger partial charge in [-0.15, -0.1) is 11.8 Å². The van der Waals surface area contributed by atoms with Gasteiger partial charge in [-0.05, 0) is 30.9 Å². The molecule has 0 spiro atoms. The molecule has 2 aromatic rings. The summed E-state index contributed by atoms with van der Waals surface area (Å²) in [4.78, 5) is 11.9. The van der Waals surface area contributed by atoms with Crippen molar-refractivity contribution in [2.45, 2.75) is 11.9 Å². The van der Waals surface area contributed by atoms with Crippen molar-refractivity contribution in [1.82, 2.24) is 9.78 Å². The number of carbonyl (C=O) groups excluding carboxylic acids is 1. The van der Waals surface area contributed by atoms with Crippen molar-refractivity contribution in [3.05, 3.63) is 39.4 Å². The SMILES string of the molecule is C=C(C)COC(=O)Nc1cc(-c2nn(C)c(SC)c2Cl)c(Cl)cc1Cl. The molecule has 1 aromatic carbocycles. The van der Waals surface area contributed by atoms with Gasteiger partial charge in [0.05, 0.1) is 15.7 Å². The number of anilines is 1. The first kappa shape index (κ1) is 20.0. The highest BCUT2D eigenvalue weighted by Crippen LogP contribution is 2.40. The number of aromatic nitrogens is 2. The molecule has 1 amide bonds. The number of rotatable bonds is 5. The summed E-state index contributed by atoms with van der Waals surface area (Å²) in [6, 6.07) is 3.14. The molecule has 0 radical (unpaired) electrons. The predicted molar refractivity (Wildman–Crippen MR) is 105 cm³/mol. The van der Waals surface area contributed by atoms with Crippen LogP contribution in [0.5, 0.6) is 0 Å². The fourth-order valence-corrected chi connectivity index (χ4v) is 3.63. The Morgan fingerprint density at radius 2 is 2.04 bits per heavy atom. The van der Waals surface area contributed by atoms with Crippen molar-refractivity contribution in [3.8, 4) is 11.3 Å². The summed E-state index contributed by atoms with van der Waals surface area (Å²) >= 11 is 20.3. The molecular weight excluding hydrogens is 405 g/mol. The number of ether oxygens (including phenoxy) is 1. The topological polar surface area (TPSA) is 56.1 Å². The molecule has 0 unspecified atom stereocenters. The number of aryl methyl sites for hydroxylation is 1. The summed E-state index contributed by atoms with van der Waals surface area (Å²) in [5.41, 5.74) is 2.14. The normalized spacial score (nSPS) is 10.6. The number of nitrogens with zero attached hydrogens (tertiary/aromatic N) is 2. The van der Waals surface area contributed by atoms with E-state index >= 15 is 0 Å². The van der Waals surface area contributed by atoms with E-state index in [4.69, 9.17) is 39.5 Å². The summed E-state index contributed by atoms with van der Waals surface area (Å²) in [5.74, 6) is 0. The average Bonchev–Trinajstić information content (AvgIpc) is 2.82.